The van der Waals surface area contributed by atoms with Crippen LogP contribution in [0.15, 0.2) is 30.3 Å². The summed E-state index contributed by atoms with van der Waals surface area (Å²) < 4.78 is 0. The number of nitrogens with zero attached hydrogens (tertiary/aromatic N) is 3. The Morgan fingerprint density at radius 1 is 1.21 bits per heavy atom. The Morgan fingerprint density at radius 3 is 2.84 bits per heavy atom. The number of hydrogen-bond donors (Lipinski definition) is 0. The number of piperazine rings is 1. The zero-order valence-electron chi connectivity index (χ0n) is 11.8. The van der Waals surface area contributed by atoms with E-state index in [2.05, 4.69) is 52.5 Å². The van der Waals surface area contributed by atoms with Gasteiger partial charge in [0.25, 0.3) is 0 Å². The fraction of sp³-hybridized carbons (Fsp3) is 0.625. The van der Waals surface area contributed by atoms with Gasteiger partial charge in [-0.25, -0.2) is 5.32 Å². The van der Waals surface area contributed by atoms with E-state index in [9.17, 15) is 0 Å². The lowest BCUT2D eigenvalue weighted by Gasteiger charge is -2.36. The van der Waals surface area contributed by atoms with Crippen LogP contribution >= 0.6 is 0 Å². The maximum atomic E-state index is 4.60. The molecule has 2 saturated heterocycles. The summed E-state index contributed by atoms with van der Waals surface area (Å²) in [4.78, 5) is 5.12. The van der Waals surface area contributed by atoms with E-state index in [1.807, 2.05) is 0 Å². The molecule has 3 heteroatoms. The summed E-state index contributed by atoms with van der Waals surface area (Å²) >= 11 is 0. The molecule has 2 aliphatic rings. The van der Waals surface area contributed by atoms with Crippen LogP contribution in [-0.4, -0.2) is 55.6 Å². The average Bonchev–Trinajstić information content (AvgIpc) is 2.89. The van der Waals surface area contributed by atoms with Gasteiger partial charge in [0, 0.05) is 38.8 Å². The Labute approximate surface area is 116 Å². The molecule has 2 fully saturated rings. The third-order valence-corrected chi connectivity index (χ3v) is 4.60. The fourth-order valence-corrected chi connectivity index (χ4v) is 3.43. The maximum Gasteiger partial charge on any atom is 0.0293 e. The third-order valence-electron chi connectivity index (χ3n) is 4.60. The van der Waals surface area contributed by atoms with Crippen LogP contribution in [0.2, 0.25) is 0 Å². The first-order valence-corrected chi connectivity index (χ1v) is 7.43. The summed E-state index contributed by atoms with van der Waals surface area (Å²) in [5, 5.41) is 4.60. The standard InChI is InChI=1S/C16H24N3/c1-18-10-8-17-11-16(18)15-7-9-19(13-15)12-14-5-3-2-4-6-14/h2-6,15-16H,7-13H2,1H3. The largest absolute Gasteiger partial charge is 0.300 e. The number of benzene rings is 1. The van der Waals surface area contributed by atoms with E-state index in [0.717, 1.165) is 32.1 Å². The second-order valence-electron chi connectivity index (χ2n) is 5.95. The van der Waals surface area contributed by atoms with Gasteiger partial charge in [0.2, 0.25) is 0 Å². The van der Waals surface area contributed by atoms with Gasteiger partial charge in [0.05, 0.1) is 0 Å². The molecule has 19 heavy (non-hydrogen) atoms. The molecule has 2 aliphatic heterocycles. The highest BCUT2D eigenvalue weighted by Gasteiger charge is 2.33. The normalized spacial score (nSPS) is 29.7. The molecule has 1 aromatic rings. The molecular formula is C16H24N3. The molecule has 0 spiro atoms. The van der Waals surface area contributed by atoms with Crippen LogP contribution in [0.25, 0.3) is 0 Å². The van der Waals surface area contributed by atoms with E-state index in [1.54, 1.807) is 0 Å². The summed E-state index contributed by atoms with van der Waals surface area (Å²) in [6, 6.07) is 11.5. The highest BCUT2D eigenvalue weighted by Crippen LogP contribution is 2.25. The first-order chi connectivity index (χ1) is 9.33. The topological polar surface area (TPSA) is 20.6 Å². The Bertz CT molecular complexity index is 392. The van der Waals surface area contributed by atoms with Crippen molar-refractivity contribution in [3.8, 4) is 0 Å². The highest BCUT2D eigenvalue weighted by molar-refractivity contribution is 5.14. The molecular weight excluding hydrogens is 234 g/mol. The van der Waals surface area contributed by atoms with Crippen LogP contribution < -0.4 is 5.32 Å². The minimum absolute atomic E-state index is 0.675. The second-order valence-corrected chi connectivity index (χ2v) is 5.95. The SMILES string of the molecule is CN1CC[N]CC1C1CCN(Cc2ccccc2)C1. The lowest BCUT2D eigenvalue weighted by molar-refractivity contribution is 0.140. The van der Waals surface area contributed by atoms with Gasteiger partial charge in [-0.15, -0.1) is 0 Å². The van der Waals surface area contributed by atoms with Gasteiger partial charge < -0.3 is 4.90 Å². The molecule has 1 radical (unpaired) electrons. The van der Waals surface area contributed by atoms with Crippen molar-refractivity contribution in [1.29, 1.82) is 0 Å². The van der Waals surface area contributed by atoms with Crippen LogP contribution in [-0.2, 0) is 6.54 Å². The van der Waals surface area contributed by atoms with E-state index in [4.69, 9.17) is 0 Å². The summed E-state index contributed by atoms with van der Waals surface area (Å²) in [7, 11) is 2.26. The summed E-state index contributed by atoms with van der Waals surface area (Å²) in [5.74, 6) is 0.803. The van der Waals surface area contributed by atoms with Gasteiger partial charge >= 0.3 is 0 Å². The van der Waals surface area contributed by atoms with Crippen molar-refractivity contribution in [3.05, 3.63) is 35.9 Å². The van der Waals surface area contributed by atoms with Crippen molar-refractivity contribution in [3.63, 3.8) is 0 Å². The molecule has 0 aromatic heterocycles. The third kappa shape index (κ3) is 3.16. The molecule has 2 unspecified atom stereocenters. The van der Waals surface area contributed by atoms with Gasteiger partial charge in [0.1, 0.15) is 0 Å². The Balaban J connectivity index is 1.55. The monoisotopic (exact) mass is 258 g/mol. The predicted molar refractivity (Wildman–Crippen MR) is 78.1 cm³/mol. The lowest BCUT2D eigenvalue weighted by Crippen LogP contribution is -2.50. The van der Waals surface area contributed by atoms with Crippen molar-refractivity contribution >= 4 is 0 Å². The van der Waals surface area contributed by atoms with Crippen LogP contribution in [0.3, 0.4) is 0 Å². The minimum atomic E-state index is 0.675. The fourth-order valence-electron chi connectivity index (χ4n) is 3.43. The van der Waals surface area contributed by atoms with Crippen LogP contribution in [0, 0.1) is 5.92 Å². The smallest absolute Gasteiger partial charge is 0.0293 e. The van der Waals surface area contributed by atoms with E-state index in [0.29, 0.717) is 6.04 Å². The zero-order valence-corrected chi connectivity index (χ0v) is 11.8. The quantitative estimate of drug-likeness (QED) is 0.817. The molecule has 2 heterocycles. The molecule has 0 amide bonds. The Morgan fingerprint density at radius 2 is 2.05 bits per heavy atom. The summed E-state index contributed by atoms with van der Waals surface area (Å²) in [6.45, 7) is 6.78. The molecule has 0 aliphatic carbocycles. The zero-order chi connectivity index (χ0) is 13.1. The molecule has 0 bridgehead atoms. The molecule has 0 saturated carbocycles. The molecule has 103 valence electrons. The molecule has 3 nitrogen and oxygen atoms in total. The van der Waals surface area contributed by atoms with Crippen molar-refractivity contribution in [2.45, 2.75) is 19.0 Å². The molecule has 1 aromatic carbocycles. The second kappa shape index (κ2) is 6.04. The van der Waals surface area contributed by atoms with Gasteiger partial charge in [-0.1, -0.05) is 30.3 Å². The van der Waals surface area contributed by atoms with E-state index in [-0.39, 0.29) is 0 Å². The Kier molecular flexibility index (Phi) is 4.16. The van der Waals surface area contributed by atoms with E-state index < -0.39 is 0 Å². The van der Waals surface area contributed by atoms with E-state index >= 15 is 0 Å². The van der Waals surface area contributed by atoms with Crippen LogP contribution in [0.5, 0.6) is 0 Å². The van der Waals surface area contributed by atoms with Crippen molar-refractivity contribution in [1.82, 2.24) is 15.1 Å². The lowest BCUT2D eigenvalue weighted by atomic mass is 9.96. The highest BCUT2D eigenvalue weighted by atomic mass is 15.2. The van der Waals surface area contributed by atoms with Crippen molar-refractivity contribution in [2.75, 3.05) is 39.8 Å². The first-order valence-electron chi connectivity index (χ1n) is 7.43. The van der Waals surface area contributed by atoms with Crippen molar-refractivity contribution < 1.29 is 0 Å². The summed E-state index contributed by atoms with van der Waals surface area (Å²) in [5.41, 5.74) is 1.44. The Hall–Kier alpha value is -0.900. The van der Waals surface area contributed by atoms with Crippen LogP contribution in [0.4, 0.5) is 0 Å². The molecule has 0 N–H and O–H groups in total. The maximum absolute atomic E-state index is 4.60. The number of hydrogen-bond acceptors (Lipinski definition) is 2. The van der Waals surface area contributed by atoms with Gasteiger partial charge in [-0.2, -0.15) is 0 Å². The van der Waals surface area contributed by atoms with Crippen LogP contribution in [0.1, 0.15) is 12.0 Å². The number of likely N-dealkylation sites (tertiary alicyclic amines) is 1. The van der Waals surface area contributed by atoms with Gasteiger partial charge in [0.15, 0.2) is 0 Å². The predicted octanol–water partition coefficient (Wildman–Crippen LogP) is 1.43. The van der Waals surface area contributed by atoms with Crippen molar-refractivity contribution in [2.24, 2.45) is 5.92 Å². The van der Waals surface area contributed by atoms with Gasteiger partial charge in [-0.05, 0) is 31.5 Å². The molecule has 2 atom stereocenters. The molecule has 3 rings (SSSR count). The average molecular weight is 258 g/mol. The van der Waals surface area contributed by atoms with E-state index in [1.165, 1.54) is 25.1 Å². The number of rotatable bonds is 3. The minimum Gasteiger partial charge on any atom is -0.300 e. The summed E-state index contributed by atoms with van der Waals surface area (Å²) in [6.07, 6.45) is 1.33. The first kappa shape index (κ1) is 13.1. The van der Waals surface area contributed by atoms with Gasteiger partial charge in [-0.3, -0.25) is 4.90 Å². The number of likely N-dealkylation sites (N-methyl/N-ethyl adjacent to an activating group) is 1.